The zero-order valence-electron chi connectivity index (χ0n) is 21.4. The molecular formula is C29H30N2O5S. The van der Waals surface area contributed by atoms with Gasteiger partial charge < -0.3 is 14.2 Å². The molecule has 0 fully saturated rings. The number of aromatic nitrogens is 1. The Balaban J connectivity index is 1.71. The summed E-state index contributed by atoms with van der Waals surface area (Å²) in [6.45, 7) is 8.54. The standard InChI is InChI=1S/C29H30N2O5S/c1-5-7-21-25(28(33)34-6-2)26(20-11-9-19(10-12-20)17(3)4)31-27(32)24(37-29(31)30-21)15-18-8-13-22-23(14-18)36-16-35-22/h8-15,17,26H,5-7,16H2,1-4H3/b24-15-/t26-/m1/s1. The van der Waals surface area contributed by atoms with Crippen molar-refractivity contribution in [2.45, 2.75) is 52.5 Å². The molecule has 1 aromatic heterocycles. The Kier molecular flexibility index (Phi) is 7.02. The van der Waals surface area contributed by atoms with Gasteiger partial charge in [0.2, 0.25) is 6.79 Å². The second kappa shape index (κ2) is 10.4. The fourth-order valence-electron chi connectivity index (χ4n) is 4.65. The van der Waals surface area contributed by atoms with Crippen molar-refractivity contribution in [3.63, 3.8) is 0 Å². The van der Waals surface area contributed by atoms with E-state index in [4.69, 9.17) is 19.2 Å². The highest BCUT2D eigenvalue weighted by atomic mass is 32.1. The van der Waals surface area contributed by atoms with E-state index < -0.39 is 12.0 Å². The van der Waals surface area contributed by atoms with E-state index in [1.807, 2.05) is 43.3 Å². The van der Waals surface area contributed by atoms with Crippen LogP contribution in [0.25, 0.3) is 6.08 Å². The van der Waals surface area contributed by atoms with Crippen LogP contribution in [0.15, 0.2) is 63.5 Å². The normalized spacial score (nSPS) is 16.7. The minimum absolute atomic E-state index is 0.188. The molecule has 0 aliphatic carbocycles. The Morgan fingerprint density at radius 2 is 1.92 bits per heavy atom. The number of hydrogen-bond acceptors (Lipinski definition) is 7. The van der Waals surface area contributed by atoms with Gasteiger partial charge in [-0.2, -0.15) is 0 Å². The lowest BCUT2D eigenvalue weighted by Crippen LogP contribution is -2.40. The van der Waals surface area contributed by atoms with Crippen molar-refractivity contribution in [1.82, 2.24) is 4.57 Å². The quantitative estimate of drug-likeness (QED) is 0.433. The molecule has 0 N–H and O–H groups in total. The molecule has 0 unspecified atom stereocenters. The molecular weight excluding hydrogens is 488 g/mol. The van der Waals surface area contributed by atoms with Gasteiger partial charge in [0.1, 0.15) is 0 Å². The summed E-state index contributed by atoms with van der Waals surface area (Å²) >= 11 is 1.32. The van der Waals surface area contributed by atoms with Crippen LogP contribution in [0.3, 0.4) is 0 Å². The van der Waals surface area contributed by atoms with Gasteiger partial charge in [-0.15, -0.1) is 0 Å². The summed E-state index contributed by atoms with van der Waals surface area (Å²) in [6, 6.07) is 13.1. The highest BCUT2D eigenvalue weighted by Crippen LogP contribution is 2.34. The van der Waals surface area contributed by atoms with Crippen LogP contribution in [0.4, 0.5) is 0 Å². The zero-order valence-corrected chi connectivity index (χ0v) is 22.3. The minimum Gasteiger partial charge on any atom is -0.463 e. The van der Waals surface area contributed by atoms with E-state index in [1.165, 1.54) is 16.9 Å². The second-order valence-corrected chi connectivity index (χ2v) is 10.4. The number of benzene rings is 2. The maximum Gasteiger partial charge on any atom is 0.338 e. The van der Waals surface area contributed by atoms with Crippen LogP contribution in [0.2, 0.25) is 0 Å². The third-order valence-electron chi connectivity index (χ3n) is 6.51. The molecule has 7 nitrogen and oxygen atoms in total. The van der Waals surface area contributed by atoms with E-state index in [0.29, 0.717) is 44.4 Å². The van der Waals surface area contributed by atoms with E-state index in [-0.39, 0.29) is 19.0 Å². The van der Waals surface area contributed by atoms with Crippen LogP contribution in [0, 0.1) is 0 Å². The van der Waals surface area contributed by atoms with Gasteiger partial charge in [0.05, 0.1) is 28.5 Å². The topological polar surface area (TPSA) is 79.1 Å². The van der Waals surface area contributed by atoms with E-state index in [1.54, 1.807) is 11.5 Å². The first-order chi connectivity index (χ1) is 17.9. The molecule has 8 heteroatoms. The van der Waals surface area contributed by atoms with Crippen molar-refractivity contribution < 1.29 is 19.0 Å². The van der Waals surface area contributed by atoms with Crippen molar-refractivity contribution in [2.75, 3.05) is 13.4 Å². The van der Waals surface area contributed by atoms with Crippen LogP contribution in [0.5, 0.6) is 11.5 Å². The van der Waals surface area contributed by atoms with Crippen molar-refractivity contribution in [1.29, 1.82) is 0 Å². The van der Waals surface area contributed by atoms with E-state index in [9.17, 15) is 9.59 Å². The summed E-state index contributed by atoms with van der Waals surface area (Å²) in [5, 5.41) is 0. The maximum atomic E-state index is 13.9. The highest BCUT2D eigenvalue weighted by Gasteiger charge is 2.34. The SMILES string of the molecule is CCCC1=C(C(=O)OCC)[C@@H](c2ccc(C(C)C)cc2)n2c(s/c(=C\c3ccc4c(c3)OCO4)c2=O)=N1. The maximum absolute atomic E-state index is 13.9. The minimum atomic E-state index is -0.614. The monoisotopic (exact) mass is 518 g/mol. The first-order valence-corrected chi connectivity index (χ1v) is 13.4. The number of carbonyl (C=O) groups excluding carboxylic acids is 1. The molecule has 0 saturated carbocycles. The van der Waals surface area contributed by atoms with Crippen LogP contribution in [0.1, 0.15) is 69.2 Å². The van der Waals surface area contributed by atoms with Gasteiger partial charge in [-0.25, -0.2) is 9.79 Å². The summed E-state index contributed by atoms with van der Waals surface area (Å²) in [4.78, 5) is 32.5. The van der Waals surface area contributed by atoms with Crippen LogP contribution >= 0.6 is 11.3 Å². The molecule has 0 amide bonds. The third-order valence-corrected chi connectivity index (χ3v) is 7.49. The third kappa shape index (κ3) is 4.73. The van der Waals surface area contributed by atoms with Gasteiger partial charge in [-0.1, -0.05) is 68.9 Å². The summed E-state index contributed by atoms with van der Waals surface area (Å²) in [5.74, 6) is 1.28. The van der Waals surface area contributed by atoms with E-state index in [2.05, 4.69) is 26.0 Å². The zero-order chi connectivity index (χ0) is 26.1. The number of carbonyl (C=O) groups is 1. The number of fused-ring (bicyclic) bond motifs is 2. The molecule has 0 spiro atoms. The van der Waals surface area contributed by atoms with Crippen molar-refractivity contribution >= 4 is 23.4 Å². The molecule has 2 aliphatic rings. The van der Waals surface area contributed by atoms with Gasteiger partial charge in [0.25, 0.3) is 5.56 Å². The lowest BCUT2D eigenvalue weighted by Gasteiger charge is -2.26. The number of allylic oxidation sites excluding steroid dienone is 1. The molecule has 3 heterocycles. The Labute approximate surface area is 219 Å². The number of thiazole rings is 1. The summed E-state index contributed by atoms with van der Waals surface area (Å²) in [5.41, 5.74) is 3.78. The lowest BCUT2D eigenvalue weighted by atomic mass is 9.92. The summed E-state index contributed by atoms with van der Waals surface area (Å²) in [6.07, 6.45) is 3.26. The van der Waals surface area contributed by atoms with Crippen molar-refractivity contribution in [3.05, 3.63) is 90.1 Å². The highest BCUT2D eigenvalue weighted by molar-refractivity contribution is 7.07. The van der Waals surface area contributed by atoms with Gasteiger partial charge >= 0.3 is 5.97 Å². The van der Waals surface area contributed by atoms with Gasteiger partial charge in [-0.05, 0) is 54.2 Å². The van der Waals surface area contributed by atoms with Crippen LogP contribution in [-0.2, 0) is 9.53 Å². The molecule has 3 aromatic rings. The molecule has 0 radical (unpaired) electrons. The van der Waals surface area contributed by atoms with Crippen molar-refractivity contribution in [3.8, 4) is 11.5 Å². The molecule has 1 atom stereocenters. The number of esters is 1. The largest absolute Gasteiger partial charge is 0.463 e. The number of nitrogens with zero attached hydrogens (tertiary/aromatic N) is 2. The predicted octanol–water partition coefficient (Wildman–Crippen LogP) is 4.43. The van der Waals surface area contributed by atoms with Gasteiger partial charge in [-0.3, -0.25) is 9.36 Å². The Morgan fingerprint density at radius 1 is 1.16 bits per heavy atom. The van der Waals surface area contributed by atoms with Gasteiger partial charge in [0.15, 0.2) is 16.3 Å². The van der Waals surface area contributed by atoms with Crippen LogP contribution < -0.4 is 24.4 Å². The Bertz CT molecular complexity index is 1550. The Morgan fingerprint density at radius 3 is 2.62 bits per heavy atom. The van der Waals surface area contributed by atoms with Crippen LogP contribution in [-0.4, -0.2) is 23.9 Å². The molecule has 0 saturated heterocycles. The molecule has 37 heavy (non-hydrogen) atoms. The molecule has 2 aliphatic heterocycles. The van der Waals surface area contributed by atoms with E-state index in [0.717, 1.165) is 17.5 Å². The first-order valence-electron chi connectivity index (χ1n) is 12.6. The average Bonchev–Trinajstić information content (AvgIpc) is 3.47. The Hall–Kier alpha value is -3.65. The summed E-state index contributed by atoms with van der Waals surface area (Å²) in [7, 11) is 0. The smallest absolute Gasteiger partial charge is 0.338 e. The van der Waals surface area contributed by atoms with Gasteiger partial charge in [0, 0.05) is 0 Å². The molecule has 0 bridgehead atoms. The fraction of sp³-hybridized carbons (Fsp3) is 0.345. The molecule has 192 valence electrons. The average molecular weight is 519 g/mol. The van der Waals surface area contributed by atoms with Crippen molar-refractivity contribution in [2.24, 2.45) is 4.99 Å². The lowest BCUT2D eigenvalue weighted by molar-refractivity contribution is -0.139. The predicted molar refractivity (Wildman–Crippen MR) is 143 cm³/mol. The second-order valence-electron chi connectivity index (χ2n) is 9.35. The molecule has 5 rings (SSSR count). The summed E-state index contributed by atoms with van der Waals surface area (Å²) < 4.78 is 18.5. The van der Waals surface area contributed by atoms with E-state index >= 15 is 0 Å². The molecule has 2 aromatic carbocycles. The number of ether oxygens (including phenoxy) is 3. The fourth-order valence-corrected chi connectivity index (χ4v) is 5.67. The number of rotatable bonds is 7. The first kappa shape index (κ1) is 25.0. The number of hydrogen-bond donors (Lipinski definition) is 0.